The Morgan fingerprint density at radius 2 is 2.00 bits per heavy atom. The molecule has 0 saturated heterocycles. The number of ketones is 1. The lowest BCUT2D eigenvalue weighted by Gasteiger charge is -2.29. The number of rotatable bonds is 3. The van der Waals surface area contributed by atoms with E-state index in [4.69, 9.17) is 4.74 Å². The molecule has 1 aliphatic rings. The predicted molar refractivity (Wildman–Crippen MR) is 80.4 cm³/mol. The van der Waals surface area contributed by atoms with Crippen LogP contribution in [0.1, 0.15) is 31.7 Å². The van der Waals surface area contributed by atoms with Crippen molar-refractivity contribution in [2.24, 2.45) is 5.92 Å². The molecule has 2 atom stereocenters. The first-order valence-electron chi connectivity index (χ1n) is 6.66. The van der Waals surface area contributed by atoms with E-state index < -0.39 is 0 Å². The fraction of sp³-hybridized carbons (Fsp3) is 0.375. The van der Waals surface area contributed by atoms with Crippen LogP contribution in [0.5, 0.6) is 0 Å². The number of carbonyl (C=O) groups is 2. The molecule has 2 unspecified atom stereocenters. The Balaban J connectivity index is 2.37. The van der Waals surface area contributed by atoms with Gasteiger partial charge in [0.1, 0.15) is 0 Å². The van der Waals surface area contributed by atoms with Gasteiger partial charge in [0.2, 0.25) is 0 Å². The number of carbonyl (C=O) groups excluding carboxylic acids is 2. The first-order chi connectivity index (χ1) is 9.52. The Kier molecular flexibility index (Phi) is 4.76. The van der Waals surface area contributed by atoms with Crippen molar-refractivity contribution in [3.63, 3.8) is 0 Å². The molecular weight excluding hydrogens is 320 g/mol. The normalized spacial score (nSPS) is 22.4. The van der Waals surface area contributed by atoms with Gasteiger partial charge in [-0.3, -0.25) is 9.59 Å². The molecule has 1 aromatic carbocycles. The van der Waals surface area contributed by atoms with Crippen molar-refractivity contribution in [1.29, 1.82) is 0 Å². The molecular formula is C16H17BrO3. The lowest BCUT2D eigenvalue weighted by molar-refractivity contribution is -0.147. The molecule has 0 saturated carbocycles. The van der Waals surface area contributed by atoms with Crippen molar-refractivity contribution >= 4 is 27.7 Å². The van der Waals surface area contributed by atoms with Crippen LogP contribution >= 0.6 is 15.9 Å². The van der Waals surface area contributed by atoms with Crippen molar-refractivity contribution in [3.05, 3.63) is 46.0 Å². The second-order valence-corrected chi connectivity index (χ2v) is 5.86. The minimum absolute atomic E-state index is 0.0657. The third-order valence-electron chi connectivity index (χ3n) is 3.54. The summed E-state index contributed by atoms with van der Waals surface area (Å²) in [4.78, 5) is 24.0. The highest BCUT2D eigenvalue weighted by Crippen LogP contribution is 2.38. The van der Waals surface area contributed by atoms with Crippen molar-refractivity contribution in [2.45, 2.75) is 26.2 Å². The highest BCUT2D eigenvalue weighted by Gasteiger charge is 2.36. The summed E-state index contributed by atoms with van der Waals surface area (Å²) in [6.07, 6.45) is 1.92. The molecule has 1 aliphatic carbocycles. The molecule has 0 radical (unpaired) electrons. The minimum atomic E-state index is -0.367. The molecule has 3 nitrogen and oxygen atoms in total. The Hall–Kier alpha value is -1.42. The molecule has 1 aromatic rings. The molecule has 0 amide bonds. The fourth-order valence-electron chi connectivity index (χ4n) is 2.66. The predicted octanol–water partition coefficient (Wildman–Crippen LogP) is 3.63. The van der Waals surface area contributed by atoms with Gasteiger partial charge in [0, 0.05) is 16.8 Å². The molecule has 4 heteroatoms. The van der Waals surface area contributed by atoms with E-state index in [1.54, 1.807) is 13.0 Å². The summed E-state index contributed by atoms with van der Waals surface area (Å²) in [6, 6.07) is 7.76. The van der Waals surface area contributed by atoms with Gasteiger partial charge < -0.3 is 4.74 Å². The van der Waals surface area contributed by atoms with Gasteiger partial charge in [0.15, 0.2) is 5.78 Å². The Bertz CT molecular complexity index is 545. The Labute approximate surface area is 127 Å². The zero-order chi connectivity index (χ0) is 14.7. The lowest BCUT2D eigenvalue weighted by Crippen LogP contribution is -2.30. The maximum atomic E-state index is 12.2. The minimum Gasteiger partial charge on any atom is -0.466 e. The monoisotopic (exact) mass is 336 g/mol. The quantitative estimate of drug-likeness (QED) is 0.791. The van der Waals surface area contributed by atoms with Gasteiger partial charge in [-0.05, 0) is 37.6 Å². The van der Waals surface area contributed by atoms with Crippen LogP contribution in [0.25, 0.3) is 0 Å². The van der Waals surface area contributed by atoms with Gasteiger partial charge >= 0.3 is 5.97 Å². The van der Waals surface area contributed by atoms with E-state index in [9.17, 15) is 9.59 Å². The zero-order valence-corrected chi connectivity index (χ0v) is 13.1. The standard InChI is InChI=1S/C16H17BrO3/c1-3-20-16(19)15-10(2)8-13(18)9-14(15)11-4-6-12(17)7-5-11/h4-8,14-15H,3,9H2,1-2H3. The van der Waals surface area contributed by atoms with Crippen molar-refractivity contribution in [1.82, 2.24) is 0 Å². The molecule has 0 N–H and O–H groups in total. The average Bonchev–Trinajstić information content (AvgIpc) is 2.38. The second-order valence-electron chi connectivity index (χ2n) is 4.95. The third kappa shape index (κ3) is 3.18. The largest absolute Gasteiger partial charge is 0.466 e. The van der Waals surface area contributed by atoms with Crippen LogP contribution in [0.3, 0.4) is 0 Å². The number of hydrogen-bond acceptors (Lipinski definition) is 3. The summed E-state index contributed by atoms with van der Waals surface area (Å²) < 4.78 is 6.14. The van der Waals surface area contributed by atoms with E-state index in [1.165, 1.54) is 0 Å². The van der Waals surface area contributed by atoms with E-state index >= 15 is 0 Å². The van der Waals surface area contributed by atoms with Crippen LogP contribution in [0.4, 0.5) is 0 Å². The highest BCUT2D eigenvalue weighted by molar-refractivity contribution is 9.10. The number of ether oxygens (including phenoxy) is 1. The Morgan fingerprint density at radius 1 is 1.35 bits per heavy atom. The highest BCUT2D eigenvalue weighted by atomic mass is 79.9. The maximum Gasteiger partial charge on any atom is 0.313 e. The molecule has 106 valence electrons. The van der Waals surface area contributed by atoms with Crippen LogP contribution in [0.2, 0.25) is 0 Å². The van der Waals surface area contributed by atoms with Gasteiger partial charge in [0.05, 0.1) is 12.5 Å². The first-order valence-corrected chi connectivity index (χ1v) is 7.45. The van der Waals surface area contributed by atoms with Gasteiger partial charge in [-0.1, -0.05) is 33.6 Å². The molecule has 0 aliphatic heterocycles. The van der Waals surface area contributed by atoms with Gasteiger partial charge in [-0.25, -0.2) is 0 Å². The number of hydrogen-bond donors (Lipinski definition) is 0. The number of allylic oxidation sites excluding steroid dienone is 1. The van der Waals surface area contributed by atoms with Gasteiger partial charge in [0.25, 0.3) is 0 Å². The first kappa shape index (κ1) is 15.0. The molecule has 0 fully saturated rings. The Morgan fingerprint density at radius 3 is 2.60 bits per heavy atom. The zero-order valence-electron chi connectivity index (χ0n) is 11.6. The lowest BCUT2D eigenvalue weighted by atomic mass is 9.75. The summed E-state index contributed by atoms with van der Waals surface area (Å²) >= 11 is 3.39. The maximum absolute atomic E-state index is 12.2. The summed E-state index contributed by atoms with van der Waals surface area (Å²) in [5, 5.41) is 0. The van der Waals surface area contributed by atoms with Crippen molar-refractivity contribution < 1.29 is 14.3 Å². The van der Waals surface area contributed by atoms with Crippen LogP contribution in [-0.4, -0.2) is 18.4 Å². The summed E-state index contributed by atoms with van der Waals surface area (Å²) in [5.41, 5.74) is 1.78. The summed E-state index contributed by atoms with van der Waals surface area (Å²) in [5.74, 6) is -0.689. The number of halogens is 1. The van der Waals surface area contributed by atoms with Gasteiger partial charge in [-0.15, -0.1) is 0 Å². The number of esters is 1. The van der Waals surface area contributed by atoms with Crippen molar-refractivity contribution in [2.75, 3.05) is 6.61 Å². The molecule has 20 heavy (non-hydrogen) atoms. The third-order valence-corrected chi connectivity index (χ3v) is 4.07. The summed E-state index contributed by atoms with van der Waals surface area (Å²) in [7, 11) is 0. The van der Waals surface area contributed by atoms with Crippen molar-refractivity contribution in [3.8, 4) is 0 Å². The van der Waals surface area contributed by atoms with Crippen LogP contribution in [-0.2, 0) is 14.3 Å². The SMILES string of the molecule is CCOC(=O)C1C(C)=CC(=O)CC1c1ccc(Br)cc1. The number of benzene rings is 1. The summed E-state index contributed by atoms with van der Waals surface area (Å²) in [6.45, 7) is 3.97. The molecule has 0 spiro atoms. The van der Waals surface area contributed by atoms with Crippen LogP contribution in [0.15, 0.2) is 40.4 Å². The van der Waals surface area contributed by atoms with E-state index in [0.29, 0.717) is 13.0 Å². The fourth-order valence-corrected chi connectivity index (χ4v) is 2.92. The van der Waals surface area contributed by atoms with E-state index in [1.807, 2.05) is 31.2 Å². The smallest absolute Gasteiger partial charge is 0.313 e. The molecule has 0 aromatic heterocycles. The van der Waals surface area contributed by atoms with Gasteiger partial charge in [-0.2, -0.15) is 0 Å². The van der Waals surface area contributed by atoms with Crippen LogP contribution < -0.4 is 0 Å². The van der Waals surface area contributed by atoms with E-state index in [0.717, 1.165) is 15.6 Å². The van der Waals surface area contributed by atoms with Crippen LogP contribution in [0, 0.1) is 5.92 Å². The van der Waals surface area contributed by atoms with E-state index in [2.05, 4.69) is 15.9 Å². The van der Waals surface area contributed by atoms with E-state index in [-0.39, 0.29) is 23.6 Å². The molecule has 2 rings (SSSR count). The average molecular weight is 337 g/mol. The topological polar surface area (TPSA) is 43.4 Å². The molecule has 0 bridgehead atoms. The second kappa shape index (κ2) is 6.35. The molecule has 0 heterocycles.